The summed E-state index contributed by atoms with van der Waals surface area (Å²) in [7, 11) is 5.83. The third-order valence-electron chi connectivity index (χ3n) is 3.19. The Kier molecular flexibility index (Phi) is 5.65. The van der Waals surface area contributed by atoms with Crippen LogP contribution in [0.5, 0.6) is 5.75 Å². The van der Waals surface area contributed by atoms with Crippen LogP contribution in [0.4, 0.5) is 5.69 Å². The second-order valence-corrected chi connectivity index (χ2v) is 6.07. The van der Waals surface area contributed by atoms with E-state index in [1.165, 1.54) is 11.1 Å². The Balaban J connectivity index is 2.15. The summed E-state index contributed by atoms with van der Waals surface area (Å²) in [5, 5.41) is 3.46. The van der Waals surface area contributed by atoms with Crippen LogP contribution in [0.2, 0.25) is 0 Å². The fourth-order valence-electron chi connectivity index (χ4n) is 2.19. The van der Waals surface area contributed by atoms with Crippen LogP contribution in [0.3, 0.4) is 0 Å². The molecule has 0 radical (unpaired) electrons. The Morgan fingerprint density at radius 2 is 1.90 bits per heavy atom. The van der Waals surface area contributed by atoms with Crippen LogP contribution in [0.1, 0.15) is 11.1 Å². The van der Waals surface area contributed by atoms with Crippen LogP contribution < -0.4 is 10.1 Å². The van der Waals surface area contributed by atoms with E-state index in [4.69, 9.17) is 4.74 Å². The van der Waals surface area contributed by atoms with E-state index in [1.807, 2.05) is 18.2 Å². The molecular formula is C17H21BrN2O. The number of hydrogen-bond donors (Lipinski definition) is 1. The van der Waals surface area contributed by atoms with Gasteiger partial charge in [-0.2, -0.15) is 0 Å². The minimum absolute atomic E-state index is 0.753. The fourth-order valence-corrected chi connectivity index (χ4v) is 2.61. The van der Waals surface area contributed by atoms with E-state index >= 15 is 0 Å². The third-order valence-corrected chi connectivity index (χ3v) is 3.96. The summed E-state index contributed by atoms with van der Waals surface area (Å²) in [5.74, 6) is 0.865. The molecule has 0 aliphatic heterocycles. The first-order chi connectivity index (χ1) is 10.1. The van der Waals surface area contributed by atoms with Gasteiger partial charge in [-0.3, -0.25) is 0 Å². The number of hydrogen-bond acceptors (Lipinski definition) is 3. The monoisotopic (exact) mass is 348 g/mol. The van der Waals surface area contributed by atoms with Crippen LogP contribution >= 0.6 is 15.9 Å². The molecule has 1 N–H and O–H groups in total. The smallest absolute Gasteiger partial charge is 0.141 e. The van der Waals surface area contributed by atoms with E-state index in [0.29, 0.717) is 0 Å². The van der Waals surface area contributed by atoms with E-state index in [-0.39, 0.29) is 0 Å². The SMILES string of the molecule is COc1ccc(CN(C)C)cc1NCc1ccccc1Br. The van der Waals surface area contributed by atoms with Crippen molar-refractivity contribution in [3.05, 3.63) is 58.1 Å². The van der Waals surface area contributed by atoms with Crippen molar-refractivity contribution in [2.75, 3.05) is 26.5 Å². The topological polar surface area (TPSA) is 24.5 Å². The summed E-state index contributed by atoms with van der Waals surface area (Å²) >= 11 is 3.57. The van der Waals surface area contributed by atoms with Crippen molar-refractivity contribution in [3.8, 4) is 5.75 Å². The van der Waals surface area contributed by atoms with Crippen LogP contribution in [0.15, 0.2) is 46.9 Å². The summed E-state index contributed by atoms with van der Waals surface area (Å²) in [4.78, 5) is 2.15. The quantitative estimate of drug-likeness (QED) is 0.849. The fraction of sp³-hybridized carbons (Fsp3) is 0.294. The average molecular weight is 349 g/mol. The van der Waals surface area contributed by atoms with Gasteiger partial charge in [0.05, 0.1) is 12.8 Å². The van der Waals surface area contributed by atoms with Crippen LogP contribution in [0, 0.1) is 0 Å². The van der Waals surface area contributed by atoms with E-state index in [1.54, 1.807) is 7.11 Å². The number of rotatable bonds is 6. The molecule has 2 aromatic rings. The van der Waals surface area contributed by atoms with E-state index in [9.17, 15) is 0 Å². The standard InChI is InChI=1S/C17H21BrN2O/c1-20(2)12-13-8-9-17(21-3)16(10-13)19-11-14-6-4-5-7-15(14)18/h4-10,19H,11-12H2,1-3H3. The molecule has 0 amide bonds. The minimum Gasteiger partial charge on any atom is -0.495 e. The molecule has 4 heteroatoms. The zero-order valence-electron chi connectivity index (χ0n) is 12.7. The first-order valence-corrected chi connectivity index (χ1v) is 7.68. The zero-order valence-corrected chi connectivity index (χ0v) is 14.3. The molecule has 0 aliphatic rings. The lowest BCUT2D eigenvalue weighted by Gasteiger charge is -2.15. The van der Waals surface area contributed by atoms with Gasteiger partial charge in [-0.25, -0.2) is 0 Å². The molecule has 0 saturated carbocycles. The lowest BCUT2D eigenvalue weighted by Crippen LogP contribution is -2.11. The second-order valence-electron chi connectivity index (χ2n) is 5.22. The van der Waals surface area contributed by atoms with E-state index in [2.05, 4.69) is 64.5 Å². The Labute approximate surface area is 135 Å². The Hall–Kier alpha value is -1.52. The lowest BCUT2D eigenvalue weighted by atomic mass is 10.1. The molecule has 2 aromatic carbocycles. The number of methoxy groups -OCH3 is 1. The molecule has 112 valence electrons. The predicted molar refractivity (Wildman–Crippen MR) is 91.9 cm³/mol. The first-order valence-electron chi connectivity index (χ1n) is 6.89. The molecule has 0 aromatic heterocycles. The van der Waals surface area contributed by atoms with Crippen molar-refractivity contribution in [3.63, 3.8) is 0 Å². The second kappa shape index (κ2) is 7.48. The highest BCUT2D eigenvalue weighted by Gasteiger charge is 2.06. The number of nitrogens with one attached hydrogen (secondary N) is 1. The van der Waals surface area contributed by atoms with Crippen LogP contribution in [-0.4, -0.2) is 26.1 Å². The van der Waals surface area contributed by atoms with Crippen molar-refractivity contribution in [1.29, 1.82) is 0 Å². The number of benzene rings is 2. The van der Waals surface area contributed by atoms with Crippen molar-refractivity contribution in [2.45, 2.75) is 13.1 Å². The third kappa shape index (κ3) is 4.48. The van der Waals surface area contributed by atoms with Crippen molar-refractivity contribution < 1.29 is 4.74 Å². The number of halogens is 1. The van der Waals surface area contributed by atoms with E-state index in [0.717, 1.165) is 29.0 Å². The maximum Gasteiger partial charge on any atom is 0.141 e. The summed E-state index contributed by atoms with van der Waals surface area (Å²) in [6.07, 6.45) is 0. The number of ether oxygens (including phenoxy) is 1. The molecule has 0 atom stereocenters. The molecule has 3 nitrogen and oxygen atoms in total. The normalized spacial score (nSPS) is 10.7. The highest BCUT2D eigenvalue weighted by atomic mass is 79.9. The van der Waals surface area contributed by atoms with Gasteiger partial charge in [-0.05, 0) is 43.4 Å². The van der Waals surface area contributed by atoms with Gasteiger partial charge in [-0.15, -0.1) is 0 Å². The van der Waals surface area contributed by atoms with Crippen LogP contribution in [0.25, 0.3) is 0 Å². The summed E-state index contributed by atoms with van der Waals surface area (Å²) in [5.41, 5.74) is 3.50. The van der Waals surface area contributed by atoms with Crippen molar-refractivity contribution in [2.24, 2.45) is 0 Å². The lowest BCUT2D eigenvalue weighted by molar-refractivity contribution is 0.400. The Bertz CT molecular complexity index is 599. The molecule has 0 unspecified atom stereocenters. The van der Waals surface area contributed by atoms with Gasteiger partial charge >= 0.3 is 0 Å². The highest BCUT2D eigenvalue weighted by molar-refractivity contribution is 9.10. The molecule has 2 rings (SSSR count). The summed E-state index contributed by atoms with van der Waals surface area (Å²) in [6.45, 7) is 1.66. The largest absolute Gasteiger partial charge is 0.495 e. The molecule has 21 heavy (non-hydrogen) atoms. The van der Waals surface area contributed by atoms with Gasteiger partial charge < -0.3 is 15.0 Å². The predicted octanol–water partition coefficient (Wildman–Crippen LogP) is 4.13. The van der Waals surface area contributed by atoms with Gasteiger partial charge in [0.1, 0.15) is 5.75 Å². The molecule has 0 aliphatic carbocycles. The van der Waals surface area contributed by atoms with Gasteiger partial charge in [0.25, 0.3) is 0 Å². The van der Waals surface area contributed by atoms with E-state index < -0.39 is 0 Å². The van der Waals surface area contributed by atoms with Gasteiger partial charge in [0.2, 0.25) is 0 Å². The molecule has 0 bridgehead atoms. The van der Waals surface area contributed by atoms with Crippen LogP contribution in [-0.2, 0) is 13.1 Å². The summed E-state index contributed by atoms with van der Waals surface area (Å²) < 4.78 is 6.55. The molecule has 0 spiro atoms. The average Bonchev–Trinajstić information content (AvgIpc) is 2.46. The maximum absolute atomic E-state index is 5.44. The van der Waals surface area contributed by atoms with Crippen molar-refractivity contribution >= 4 is 21.6 Å². The molecule has 0 saturated heterocycles. The molecule has 0 heterocycles. The van der Waals surface area contributed by atoms with Gasteiger partial charge in [0.15, 0.2) is 0 Å². The van der Waals surface area contributed by atoms with Gasteiger partial charge in [0, 0.05) is 17.6 Å². The maximum atomic E-state index is 5.44. The minimum atomic E-state index is 0.753. The molecule has 0 fully saturated rings. The Morgan fingerprint density at radius 3 is 2.57 bits per heavy atom. The zero-order chi connectivity index (χ0) is 15.2. The number of nitrogens with zero attached hydrogens (tertiary/aromatic N) is 1. The molecular weight excluding hydrogens is 328 g/mol. The van der Waals surface area contributed by atoms with Crippen molar-refractivity contribution in [1.82, 2.24) is 4.90 Å². The number of anilines is 1. The first kappa shape index (κ1) is 15.9. The highest BCUT2D eigenvalue weighted by Crippen LogP contribution is 2.27. The summed E-state index contributed by atoms with van der Waals surface area (Å²) in [6, 6.07) is 14.5. The Morgan fingerprint density at radius 1 is 1.14 bits per heavy atom. The van der Waals surface area contributed by atoms with Gasteiger partial charge in [-0.1, -0.05) is 40.2 Å².